The zero-order valence-corrected chi connectivity index (χ0v) is 21.2. The molecule has 2 heterocycles. The van der Waals surface area contributed by atoms with E-state index in [1.54, 1.807) is 26.0 Å². The average Bonchev–Trinajstić information content (AvgIpc) is 2.88. The van der Waals surface area contributed by atoms with Crippen molar-refractivity contribution in [3.63, 3.8) is 0 Å². The molecule has 1 N–H and O–H groups in total. The third-order valence-corrected chi connectivity index (χ3v) is 6.78. The Morgan fingerprint density at radius 1 is 1.05 bits per heavy atom. The summed E-state index contributed by atoms with van der Waals surface area (Å²) in [6, 6.07) is 16.1. The lowest BCUT2D eigenvalue weighted by Crippen LogP contribution is -2.41. The number of nitrogens with one attached hydrogen (secondary N) is 1. The molecule has 0 aromatic heterocycles. The van der Waals surface area contributed by atoms with Crippen molar-refractivity contribution < 1.29 is 24.0 Å². The highest BCUT2D eigenvalue weighted by Crippen LogP contribution is 2.40. The molecule has 2 aromatic rings. The van der Waals surface area contributed by atoms with Gasteiger partial charge in [0.1, 0.15) is 6.10 Å². The lowest BCUT2D eigenvalue weighted by Gasteiger charge is -2.34. The minimum absolute atomic E-state index is 0.132. The van der Waals surface area contributed by atoms with Crippen LogP contribution >= 0.6 is 0 Å². The van der Waals surface area contributed by atoms with E-state index in [1.165, 1.54) is 24.8 Å². The number of likely N-dealkylation sites (tertiary alicyclic amines) is 1. The standard InChI is InChI=1S/C28H31N3O6/c1-18-24(27(32)36-3)26(21-11-7-12-22(15-21)31(34)35)25(19(2)29-18)28(33)37-23-13-8-14-30(17-23)16-20-9-5-4-6-10-20/h4-7,9-12,15,23,26,29H,8,13-14,16-17H2,1-3H3/t23?,26-/m1/s1. The summed E-state index contributed by atoms with van der Waals surface area (Å²) < 4.78 is 11.0. The van der Waals surface area contributed by atoms with Gasteiger partial charge in [-0.1, -0.05) is 42.5 Å². The molecule has 2 atom stereocenters. The van der Waals surface area contributed by atoms with Gasteiger partial charge >= 0.3 is 11.9 Å². The van der Waals surface area contributed by atoms with E-state index in [0.717, 1.165) is 25.9 Å². The van der Waals surface area contributed by atoms with Crippen LogP contribution in [0.3, 0.4) is 0 Å². The predicted octanol–water partition coefficient (Wildman–Crippen LogP) is 4.21. The molecule has 37 heavy (non-hydrogen) atoms. The zero-order chi connectivity index (χ0) is 26.5. The summed E-state index contributed by atoms with van der Waals surface area (Å²) in [4.78, 5) is 39.7. The maximum Gasteiger partial charge on any atom is 0.337 e. The van der Waals surface area contributed by atoms with Crippen LogP contribution in [0, 0.1) is 10.1 Å². The summed E-state index contributed by atoms with van der Waals surface area (Å²) in [5.74, 6) is -2.04. The maximum atomic E-state index is 13.7. The highest BCUT2D eigenvalue weighted by atomic mass is 16.6. The summed E-state index contributed by atoms with van der Waals surface area (Å²) >= 11 is 0. The Morgan fingerprint density at radius 2 is 1.76 bits per heavy atom. The number of rotatable bonds is 7. The van der Waals surface area contributed by atoms with Crippen LogP contribution in [0.2, 0.25) is 0 Å². The van der Waals surface area contributed by atoms with Crippen molar-refractivity contribution in [3.05, 3.63) is 98.4 Å². The number of non-ortho nitro benzene ring substituents is 1. The second-order valence-electron chi connectivity index (χ2n) is 9.37. The van der Waals surface area contributed by atoms with Gasteiger partial charge in [-0.25, -0.2) is 9.59 Å². The number of nitro benzene ring substituents is 1. The Bertz CT molecular complexity index is 1250. The number of benzene rings is 2. The Hall–Kier alpha value is -3.98. The molecule has 194 valence electrons. The highest BCUT2D eigenvalue weighted by molar-refractivity contribution is 6.00. The number of nitro groups is 1. The summed E-state index contributed by atoms with van der Waals surface area (Å²) in [5, 5.41) is 14.6. The van der Waals surface area contributed by atoms with E-state index in [-0.39, 0.29) is 22.9 Å². The van der Waals surface area contributed by atoms with Gasteiger partial charge in [0.15, 0.2) is 0 Å². The molecule has 9 heteroatoms. The number of hydrogen-bond acceptors (Lipinski definition) is 8. The Labute approximate surface area is 215 Å². The van der Waals surface area contributed by atoms with Gasteiger partial charge in [-0.3, -0.25) is 15.0 Å². The van der Waals surface area contributed by atoms with E-state index >= 15 is 0 Å². The average molecular weight is 506 g/mol. The fraction of sp³-hybridized carbons (Fsp3) is 0.357. The predicted molar refractivity (Wildman–Crippen MR) is 137 cm³/mol. The third kappa shape index (κ3) is 5.89. The van der Waals surface area contributed by atoms with Crippen LogP contribution in [0.5, 0.6) is 0 Å². The minimum Gasteiger partial charge on any atom is -0.466 e. The monoisotopic (exact) mass is 505 g/mol. The first-order valence-corrected chi connectivity index (χ1v) is 12.3. The van der Waals surface area contributed by atoms with Crippen molar-refractivity contribution in [2.45, 2.75) is 45.3 Å². The van der Waals surface area contributed by atoms with Crippen LogP contribution in [0.15, 0.2) is 77.1 Å². The zero-order valence-electron chi connectivity index (χ0n) is 21.2. The number of ether oxygens (including phenoxy) is 2. The first kappa shape index (κ1) is 26.1. The van der Waals surface area contributed by atoms with E-state index < -0.39 is 22.8 Å². The fourth-order valence-corrected chi connectivity index (χ4v) is 5.11. The van der Waals surface area contributed by atoms with E-state index in [9.17, 15) is 19.7 Å². The van der Waals surface area contributed by atoms with Gasteiger partial charge in [-0.2, -0.15) is 0 Å². The van der Waals surface area contributed by atoms with Gasteiger partial charge in [0.25, 0.3) is 5.69 Å². The highest BCUT2D eigenvalue weighted by Gasteiger charge is 2.39. The van der Waals surface area contributed by atoms with Crippen molar-refractivity contribution in [1.82, 2.24) is 10.2 Å². The van der Waals surface area contributed by atoms with Crippen LogP contribution in [0.25, 0.3) is 0 Å². The molecule has 2 aliphatic heterocycles. The van der Waals surface area contributed by atoms with Gasteiger partial charge in [-0.05, 0) is 44.4 Å². The summed E-state index contributed by atoms with van der Waals surface area (Å²) in [7, 11) is 1.26. The number of carbonyl (C=O) groups is 2. The van der Waals surface area contributed by atoms with E-state index in [4.69, 9.17) is 9.47 Å². The number of piperidine rings is 1. The molecule has 0 bridgehead atoms. The van der Waals surface area contributed by atoms with Gasteiger partial charge in [0, 0.05) is 36.6 Å². The molecule has 1 saturated heterocycles. The number of hydrogen-bond donors (Lipinski definition) is 1. The van der Waals surface area contributed by atoms with Gasteiger partial charge in [-0.15, -0.1) is 0 Å². The Balaban J connectivity index is 1.61. The second kappa shape index (κ2) is 11.4. The van der Waals surface area contributed by atoms with Crippen LogP contribution < -0.4 is 5.32 Å². The molecule has 0 amide bonds. The number of carbonyl (C=O) groups excluding carboxylic acids is 2. The quantitative estimate of drug-likeness (QED) is 0.338. The number of esters is 2. The van der Waals surface area contributed by atoms with E-state index in [0.29, 0.717) is 23.5 Å². The topological polar surface area (TPSA) is 111 Å². The molecular formula is C28H31N3O6. The SMILES string of the molecule is COC(=O)C1=C(C)NC(C)=C(C(=O)OC2CCCN(Cc3ccccc3)C2)[C@@H]1c1cccc([N+](=O)[O-])c1. The Kier molecular flexibility index (Phi) is 8.03. The second-order valence-corrected chi connectivity index (χ2v) is 9.37. The molecular weight excluding hydrogens is 474 g/mol. The lowest BCUT2D eigenvalue weighted by atomic mass is 9.80. The molecule has 0 radical (unpaired) electrons. The van der Waals surface area contributed by atoms with Crippen molar-refractivity contribution in [1.29, 1.82) is 0 Å². The maximum absolute atomic E-state index is 13.7. The van der Waals surface area contributed by atoms with Gasteiger partial charge < -0.3 is 14.8 Å². The number of methoxy groups -OCH3 is 1. The van der Waals surface area contributed by atoms with Crippen LogP contribution in [0.4, 0.5) is 5.69 Å². The van der Waals surface area contributed by atoms with Gasteiger partial charge in [0.2, 0.25) is 0 Å². The molecule has 0 saturated carbocycles. The van der Waals surface area contributed by atoms with Gasteiger partial charge in [0.05, 0.1) is 29.1 Å². The first-order valence-electron chi connectivity index (χ1n) is 12.3. The number of dihydropyridines is 1. The first-order chi connectivity index (χ1) is 17.8. The molecule has 1 unspecified atom stereocenters. The molecule has 0 aliphatic carbocycles. The largest absolute Gasteiger partial charge is 0.466 e. The van der Waals surface area contributed by atoms with Crippen LogP contribution in [0.1, 0.15) is 43.7 Å². The summed E-state index contributed by atoms with van der Waals surface area (Å²) in [6.45, 7) is 5.73. The smallest absolute Gasteiger partial charge is 0.337 e. The van der Waals surface area contributed by atoms with Crippen molar-refractivity contribution in [2.75, 3.05) is 20.2 Å². The normalized spacial score (nSPS) is 20.3. The summed E-state index contributed by atoms with van der Waals surface area (Å²) in [5.41, 5.74) is 3.01. The van der Waals surface area contributed by atoms with E-state index in [1.807, 2.05) is 18.2 Å². The minimum atomic E-state index is -0.870. The number of allylic oxidation sites excluding steroid dienone is 2. The Morgan fingerprint density at radius 3 is 2.43 bits per heavy atom. The van der Waals surface area contributed by atoms with Crippen molar-refractivity contribution in [2.24, 2.45) is 0 Å². The molecule has 2 aromatic carbocycles. The molecule has 1 fully saturated rings. The molecule has 9 nitrogen and oxygen atoms in total. The summed E-state index contributed by atoms with van der Waals surface area (Å²) in [6.07, 6.45) is 1.31. The van der Waals surface area contributed by atoms with Crippen molar-refractivity contribution >= 4 is 17.6 Å². The lowest BCUT2D eigenvalue weighted by molar-refractivity contribution is -0.384. The molecule has 2 aliphatic rings. The number of nitrogens with zero attached hydrogens (tertiary/aromatic N) is 2. The van der Waals surface area contributed by atoms with E-state index in [2.05, 4.69) is 22.3 Å². The van der Waals surface area contributed by atoms with Crippen molar-refractivity contribution in [3.8, 4) is 0 Å². The molecule has 0 spiro atoms. The molecule has 4 rings (SSSR count). The third-order valence-electron chi connectivity index (χ3n) is 6.78. The van der Waals surface area contributed by atoms with Crippen LogP contribution in [-0.4, -0.2) is 48.1 Å². The fourth-order valence-electron chi connectivity index (χ4n) is 5.11. The van der Waals surface area contributed by atoms with Crippen LogP contribution in [-0.2, 0) is 25.6 Å².